The topological polar surface area (TPSA) is 46.6 Å². The van der Waals surface area contributed by atoms with E-state index >= 15 is 0 Å². The number of rotatable bonds is 16. The van der Waals surface area contributed by atoms with Crippen LogP contribution in [0.25, 0.3) is 0 Å². The molecular weight excluding hydrogens is 469 g/mol. The average Bonchev–Trinajstić information content (AvgIpc) is 2.66. The normalized spacial score (nSPS) is 12.3. The molecule has 0 saturated carbocycles. The third kappa shape index (κ3) is 14.2. The Balaban J connectivity index is 5.30. The molecule has 0 bridgehead atoms. The van der Waals surface area contributed by atoms with E-state index in [1.165, 1.54) is 56.3 Å². The summed E-state index contributed by atoms with van der Waals surface area (Å²) in [6.45, 7) is 13.1. The summed E-state index contributed by atoms with van der Waals surface area (Å²) in [6, 6.07) is 0. The van der Waals surface area contributed by atoms with Crippen molar-refractivity contribution in [2.45, 2.75) is 116 Å². The molecular formula is C24H47NO3Sn. The van der Waals surface area contributed by atoms with Crippen molar-refractivity contribution in [1.82, 2.24) is 4.90 Å². The first-order valence-corrected chi connectivity index (χ1v) is 19.9. The first-order valence-electron chi connectivity index (χ1n) is 11.8. The molecule has 29 heavy (non-hydrogen) atoms. The molecule has 0 atom stereocenters. The molecule has 0 unspecified atom stereocenters. The Morgan fingerprint density at radius 2 is 1.45 bits per heavy atom. The van der Waals surface area contributed by atoms with Gasteiger partial charge in [-0.15, -0.1) is 0 Å². The fourth-order valence-corrected chi connectivity index (χ4v) is 18.7. The van der Waals surface area contributed by atoms with Crippen LogP contribution in [-0.4, -0.2) is 47.8 Å². The number of ether oxygens (including phenoxy) is 1. The number of unbranched alkanes of at least 4 members (excludes halogenated alkanes) is 4. The summed E-state index contributed by atoms with van der Waals surface area (Å²) in [7, 11) is 0. The van der Waals surface area contributed by atoms with Crippen LogP contribution in [0, 0.1) is 0 Å². The fourth-order valence-electron chi connectivity index (χ4n) is 3.66. The minimum absolute atomic E-state index is 0.309. The molecule has 0 rings (SSSR count). The molecule has 0 aliphatic carbocycles. The summed E-state index contributed by atoms with van der Waals surface area (Å²) >= 11 is -2.24. The maximum absolute atomic E-state index is 12.6. The van der Waals surface area contributed by atoms with E-state index in [0.29, 0.717) is 19.4 Å². The summed E-state index contributed by atoms with van der Waals surface area (Å²) in [5.41, 5.74) is -0.514. The Bertz CT molecular complexity index is 449. The number of hydrogen-bond donors (Lipinski definition) is 0. The van der Waals surface area contributed by atoms with Crippen molar-refractivity contribution in [1.29, 1.82) is 0 Å². The maximum atomic E-state index is 12.6. The van der Waals surface area contributed by atoms with Crippen molar-refractivity contribution in [3.05, 3.63) is 12.3 Å². The first-order chi connectivity index (χ1) is 13.7. The van der Waals surface area contributed by atoms with Gasteiger partial charge in [-0.2, -0.15) is 0 Å². The molecule has 0 aliphatic heterocycles. The van der Waals surface area contributed by atoms with Gasteiger partial charge in [-0.05, 0) is 0 Å². The van der Waals surface area contributed by atoms with E-state index in [-0.39, 0.29) is 6.09 Å². The van der Waals surface area contributed by atoms with Crippen LogP contribution >= 0.6 is 0 Å². The number of carbonyl (C=O) groups excluding carboxylic acids is 2. The van der Waals surface area contributed by atoms with Gasteiger partial charge in [0.2, 0.25) is 0 Å². The molecule has 0 aromatic heterocycles. The van der Waals surface area contributed by atoms with Crippen molar-refractivity contribution in [2.24, 2.45) is 0 Å². The third-order valence-electron chi connectivity index (χ3n) is 5.37. The van der Waals surface area contributed by atoms with Gasteiger partial charge in [-0.25, -0.2) is 0 Å². The van der Waals surface area contributed by atoms with E-state index in [4.69, 9.17) is 4.74 Å². The van der Waals surface area contributed by atoms with Crippen LogP contribution in [0.3, 0.4) is 0 Å². The fraction of sp³-hybridized carbons (Fsp3) is 0.833. The Kier molecular flexibility index (Phi) is 15.9. The Morgan fingerprint density at radius 1 is 0.931 bits per heavy atom. The van der Waals surface area contributed by atoms with Gasteiger partial charge < -0.3 is 0 Å². The predicted molar refractivity (Wildman–Crippen MR) is 127 cm³/mol. The molecule has 0 aromatic rings. The van der Waals surface area contributed by atoms with Gasteiger partial charge in [0.05, 0.1) is 0 Å². The van der Waals surface area contributed by atoms with Crippen LogP contribution in [0.1, 0.15) is 92.9 Å². The molecule has 5 heteroatoms. The predicted octanol–water partition coefficient (Wildman–Crippen LogP) is 7.57. The summed E-state index contributed by atoms with van der Waals surface area (Å²) < 4.78 is 11.2. The van der Waals surface area contributed by atoms with Gasteiger partial charge in [-0.1, -0.05) is 0 Å². The van der Waals surface area contributed by atoms with Gasteiger partial charge >= 0.3 is 185 Å². The van der Waals surface area contributed by atoms with Crippen LogP contribution in [0.2, 0.25) is 17.7 Å². The number of hydrogen-bond acceptors (Lipinski definition) is 3. The molecule has 0 saturated heterocycles. The van der Waals surface area contributed by atoms with E-state index in [1.54, 1.807) is 4.90 Å². The molecule has 4 nitrogen and oxygen atoms in total. The van der Waals surface area contributed by atoms with Gasteiger partial charge in [0.25, 0.3) is 0 Å². The van der Waals surface area contributed by atoms with Crippen LogP contribution in [-0.2, 0) is 9.53 Å². The SMILES string of the molecule is CCC[CH2][Sn]([CH2]/C=C\N(CCCC=O)C(=O)OC(C)(C)C)([CH2]CCC)[CH2]CCC. The second kappa shape index (κ2) is 16.2. The summed E-state index contributed by atoms with van der Waals surface area (Å²) in [5, 5.41) is 0. The van der Waals surface area contributed by atoms with E-state index in [2.05, 4.69) is 26.8 Å². The number of carbonyl (C=O) groups is 2. The summed E-state index contributed by atoms with van der Waals surface area (Å²) in [5.74, 6) is 0. The van der Waals surface area contributed by atoms with Gasteiger partial charge in [0.15, 0.2) is 0 Å². The Labute approximate surface area is 184 Å². The molecule has 1 amide bonds. The standard InChI is InChI=1S/C12H20NO3.3C4H9.Sn/c1-5-8-13(9-6-7-10-14)11(15)16-12(2,3)4;3*1-3-4-2;/h5,8,10H,1,6-7,9H2,2-4H3;3*1,3-4H2,2H3;/b8-5-;;;;. The van der Waals surface area contributed by atoms with Crippen molar-refractivity contribution in [3.8, 4) is 0 Å². The quantitative estimate of drug-likeness (QED) is 0.121. The van der Waals surface area contributed by atoms with Gasteiger partial charge in [0, 0.05) is 0 Å². The van der Waals surface area contributed by atoms with E-state index in [0.717, 1.165) is 6.29 Å². The van der Waals surface area contributed by atoms with Crippen molar-refractivity contribution in [2.75, 3.05) is 6.54 Å². The van der Waals surface area contributed by atoms with E-state index in [1.807, 2.05) is 27.0 Å². The van der Waals surface area contributed by atoms with Crippen LogP contribution in [0.15, 0.2) is 12.3 Å². The Hall–Kier alpha value is -0.521. The van der Waals surface area contributed by atoms with Crippen molar-refractivity contribution in [3.63, 3.8) is 0 Å². The van der Waals surface area contributed by atoms with Gasteiger partial charge in [0.1, 0.15) is 0 Å². The molecule has 170 valence electrons. The van der Waals surface area contributed by atoms with Crippen LogP contribution < -0.4 is 0 Å². The van der Waals surface area contributed by atoms with Crippen LogP contribution in [0.4, 0.5) is 4.79 Å². The number of nitrogens with zero attached hydrogens (tertiary/aromatic N) is 1. The van der Waals surface area contributed by atoms with Gasteiger partial charge in [-0.3, -0.25) is 0 Å². The minimum atomic E-state index is -2.24. The zero-order valence-corrected chi connectivity index (χ0v) is 23.0. The molecule has 0 spiro atoms. The monoisotopic (exact) mass is 517 g/mol. The van der Waals surface area contributed by atoms with E-state index in [9.17, 15) is 9.59 Å². The zero-order valence-electron chi connectivity index (χ0n) is 20.1. The molecule has 0 aliphatic rings. The molecule has 0 N–H and O–H groups in total. The first kappa shape index (κ1) is 28.5. The number of allylic oxidation sites excluding steroid dienone is 1. The second-order valence-corrected chi connectivity index (χ2v) is 23.4. The Morgan fingerprint density at radius 3 is 1.86 bits per heavy atom. The molecule has 0 radical (unpaired) electrons. The second-order valence-electron chi connectivity index (χ2n) is 9.38. The molecule has 0 fully saturated rings. The zero-order chi connectivity index (χ0) is 22.2. The average molecular weight is 516 g/mol. The van der Waals surface area contributed by atoms with Crippen LogP contribution in [0.5, 0.6) is 0 Å². The van der Waals surface area contributed by atoms with Crippen molar-refractivity contribution < 1.29 is 14.3 Å². The van der Waals surface area contributed by atoms with E-state index < -0.39 is 24.0 Å². The molecule has 0 heterocycles. The third-order valence-corrected chi connectivity index (χ3v) is 20.6. The summed E-state index contributed by atoms with van der Waals surface area (Å²) in [6.07, 6.45) is 13.8. The number of aldehydes is 1. The van der Waals surface area contributed by atoms with Crippen molar-refractivity contribution >= 4 is 30.8 Å². The number of amides is 1. The summed E-state index contributed by atoms with van der Waals surface area (Å²) in [4.78, 5) is 25.0. The molecule has 0 aromatic carbocycles.